The van der Waals surface area contributed by atoms with Crippen LogP contribution >= 0.6 is 0 Å². The molecule has 0 aliphatic rings. The van der Waals surface area contributed by atoms with E-state index in [-0.39, 0.29) is 5.69 Å². The molecule has 1 aromatic carbocycles. The topological polar surface area (TPSA) is 62.2 Å². The first-order chi connectivity index (χ1) is 8.76. The van der Waals surface area contributed by atoms with Crippen LogP contribution in [0.1, 0.15) is 11.3 Å². The van der Waals surface area contributed by atoms with E-state index in [1.165, 1.54) is 0 Å². The molecule has 5 nitrogen and oxygen atoms in total. The molecule has 0 aliphatic carbocycles. The normalized spacial score (nSPS) is 11.0. The molecule has 0 atom stereocenters. The quantitative estimate of drug-likeness (QED) is 0.797. The van der Waals surface area contributed by atoms with Gasteiger partial charge in [-0.25, -0.2) is 4.79 Å². The van der Waals surface area contributed by atoms with Crippen LogP contribution in [0, 0.1) is 0 Å². The first kappa shape index (κ1) is 12.2. The largest absolute Gasteiger partial charge is 0.373 e. The molecule has 94 valence electrons. The Morgan fingerprint density at radius 1 is 1.39 bits per heavy atom. The second-order valence-electron chi connectivity index (χ2n) is 3.90. The minimum atomic E-state index is -0.141. The Hall–Kier alpha value is -2.30. The molecule has 0 saturated heterocycles. The third-order valence-electron chi connectivity index (χ3n) is 2.69. The first-order valence-electron chi connectivity index (χ1n) is 5.73. The summed E-state index contributed by atoms with van der Waals surface area (Å²) in [4.78, 5) is 18.6. The van der Waals surface area contributed by atoms with Gasteiger partial charge in [0.2, 0.25) is 0 Å². The fourth-order valence-corrected chi connectivity index (χ4v) is 1.90. The summed E-state index contributed by atoms with van der Waals surface area (Å²) in [5, 5.41) is 3.03. The van der Waals surface area contributed by atoms with Crippen molar-refractivity contribution < 1.29 is 0 Å². The Morgan fingerprint density at radius 2 is 2.11 bits per heavy atom. The Balaban J connectivity index is 2.41. The van der Waals surface area contributed by atoms with Crippen LogP contribution in [0.3, 0.4) is 0 Å². The van der Waals surface area contributed by atoms with E-state index in [1.807, 2.05) is 30.3 Å². The van der Waals surface area contributed by atoms with E-state index in [0.717, 1.165) is 11.4 Å². The zero-order valence-electron chi connectivity index (χ0n) is 10.5. The van der Waals surface area contributed by atoms with Crippen molar-refractivity contribution in [2.75, 3.05) is 19.4 Å². The highest BCUT2D eigenvalue weighted by atomic mass is 16.1. The van der Waals surface area contributed by atoms with Crippen LogP contribution in [-0.2, 0) is 6.54 Å². The maximum absolute atomic E-state index is 11.9. The summed E-state index contributed by atoms with van der Waals surface area (Å²) in [7, 11) is 3.46. The molecule has 18 heavy (non-hydrogen) atoms. The van der Waals surface area contributed by atoms with Gasteiger partial charge in [0.25, 0.3) is 0 Å². The van der Waals surface area contributed by atoms with Gasteiger partial charge in [-0.1, -0.05) is 30.3 Å². The molecule has 0 fully saturated rings. The first-order valence-corrected chi connectivity index (χ1v) is 5.73. The van der Waals surface area contributed by atoms with E-state index >= 15 is 0 Å². The van der Waals surface area contributed by atoms with Crippen LogP contribution in [0.15, 0.2) is 40.1 Å². The number of aromatic nitrogens is 2. The summed E-state index contributed by atoms with van der Waals surface area (Å²) >= 11 is 0. The molecular formula is C13H16N4O. The molecule has 1 heterocycles. The Kier molecular flexibility index (Phi) is 3.62. The number of hydrogen-bond acceptors (Lipinski definition) is 3. The van der Waals surface area contributed by atoms with Gasteiger partial charge in [-0.05, 0) is 5.56 Å². The van der Waals surface area contributed by atoms with E-state index in [4.69, 9.17) is 0 Å². The molecule has 0 bridgehead atoms. The molecule has 2 rings (SSSR count). The Bertz CT molecular complexity index is 595. The average molecular weight is 244 g/mol. The summed E-state index contributed by atoms with van der Waals surface area (Å²) in [6, 6.07) is 9.86. The maximum atomic E-state index is 11.9. The van der Waals surface area contributed by atoms with Crippen molar-refractivity contribution in [2.24, 2.45) is 4.99 Å². The van der Waals surface area contributed by atoms with Crippen molar-refractivity contribution in [3.05, 3.63) is 52.1 Å². The molecule has 1 aromatic heterocycles. The Labute approximate surface area is 105 Å². The van der Waals surface area contributed by atoms with Gasteiger partial charge < -0.3 is 10.3 Å². The minimum absolute atomic E-state index is 0.141. The molecule has 2 aromatic rings. The lowest BCUT2D eigenvalue weighted by Crippen LogP contribution is -2.19. The molecule has 0 saturated carbocycles. The number of rotatable bonds is 4. The molecule has 0 aliphatic heterocycles. The lowest BCUT2D eigenvalue weighted by Gasteiger charge is -2.07. The fourth-order valence-electron chi connectivity index (χ4n) is 1.90. The van der Waals surface area contributed by atoms with Crippen molar-refractivity contribution in [2.45, 2.75) is 6.54 Å². The standard InChI is InChI=1S/C13H16N4O/c1-14-8-11-12(15-2)17(13(18)16-11)9-10-6-4-3-5-7-10/h3-8,15H,9H2,1-2H3,(H,16,18). The van der Waals surface area contributed by atoms with E-state index in [1.54, 1.807) is 24.9 Å². The fraction of sp³-hybridized carbons (Fsp3) is 0.231. The number of nitrogens with one attached hydrogen (secondary N) is 2. The number of imidazole rings is 1. The van der Waals surface area contributed by atoms with Gasteiger partial charge in [-0.2, -0.15) is 0 Å². The van der Waals surface area contributed by atoms with E-state index in [2.05, 4.69) is 15.3 Å². The zero-order valence-corrected chi connectivity index (χ0v) is 10.5. The smallest absolute Gasteiger partial charge is 0.327 e. The van der Waals surface area contributed by atoms with Gasteiger partial charge in [0, 0.05) is 20.3 Å². The van der Waals surface area contributed by atoms with E-state index in [0.29, 0.717) is 12.2 Å². The van der Waals surface area contributed by atoms with Crippen LogP contribution in [0.2, 0.25) is 0 Å². The predicted octanol–water partition coefficient (Wildman–Crippen LogP) is 1.32. The summed E-state index contributed by atoms with van der Waals surface area (Å²) in [6.45, 7) is 0.532. The maximum Gasteiger partial charge on any atom is 0.327 e. The molecule has 2 N–H and O–H groups in total. The predicted molar refractivity (Wildman–Crippen MR) is 73.7 cm³/mol. The number of hydrogen-bond donors (Lipinski definition) is 2. The molecule has 0 unspecified atom stereocenters. The zero-order chi connectivity index (χ0) is 13.0. The highest BCUT2D eigenvalue weighted by Crippen LogP contribution is 2.11. The lowest BCUT2D eigenvalue weighted by atomic mass is 10.2. The molecule has 0 radical (unpaired) electrons. The van der Waals surface area contributed by atoms with Gasteiger partial charge in [-0.3, -0.25) is 9.56 Å². The third-order valence-corrected chi connectivity index (χ3v) is 2.69. The Morgan fingerprint density at radius 3 is 2.72 bits per heavy atom. The average Bonchev–Trinajstić information content (AvgIpc) is 2.67. The van der Waals surface area contributed by atoms with Gasteiger partial charge >= 0.3 is 5.69 Å². The molecule has 0 spiro atoms. The van der Waals surface area contributed by atoms with Crippen LogP contribution in [0.5, 0.6) is 0 Å². The van der Waals surface area contributed by atoms with Crippen molar-refractivity contribution in [1.82, 2.24) is 9.55 Å². The minimum Gasteiger partial charge on any atom is -0.373 e. The van der Waals surface area contributed by atoms with Crippen LogP contribution in [-0.4, -0.2) is 29.9 Å². The van der Waals surface area contributed by atoms with Crippen molar-refractivity contribution in [3.8, 4) is 0 Å². The van der Waals surface area contributed by atoms with Crippen LogP contribution < -0.4 is 11.0 Å². The van der Waals surface area contributed by atoms with Crippen LogP contribution in [0.25, 0.3) is 0 Å². The van der Waals surface area contributed by atoms with Gasteiger partial charge in [0.15, 0.2) is 0 Å². The number of aromatic amines is 1. The third kappa shape index (κ3) is 2.34. The monoisotopic (exact) mass is 244 g/mol. The summed E-state index contributed by atoms with van der Waals surface area (Å²) in [6.07, 6.45) is 1.63. The molecule has 0 amide bonds. The van der Waals surface area contributed by atoms with Crippen molar-refractivity contribution in [1.29, 1.82) is 0 Å². The van der Waals surface area contributed by atoms with Gasteiger partial charge in [-0.15, -0.1) is 0 Å². The van der Waals surface area contributed by atoms with Crippen molar-refractivity contribution in [3.63, 3.8) is 0 Å². The van der Waals surface area contributed by atoms with Crippen molar-refractivity contribution >= 4 is 12.0 Å². The van der Waals surface area contributed by atoms with Crippen LogP contribution in [0.4, 0.5) is 5.82 Å². The number of H-pyrrole nitrogens is 1. The van der Waals surface area contributed by atoms with Gasteiger partial charge in [0.05, 0.1) is 6.54 Å². The summed E-state index contributed by atoms with van der Waals surface area (Å²) in [5.74, 6) is 0.745. The molecule has 5 heteroatoms. The number of benzene rings is 1. The number of aliphatic imine (C=N–C) groups is 1. The highest BCUT2D eigenvalue weighted by Gasteiger charge is 2.11. The second kappa shape index (κ2) is 5.35. The SMILES string of the molecule is CN=Cc1[nH]c(=O)n(Cc2ccccc2)c1NC. The number of nitrogens with zero attached hydrogens (tertiary/aromatic N) is 2. The molecular weight excluding hydrogens is 228 g/mol. The second-order valence-corrected chi connectivity index (χ2v) is 3.90. The van der Waals surface area contributed by atoms with E-state index < -0.39 is 0 Å². The summed E-state index contributed by atoms with van der Waals surface area (Å²) in [5.41, 5.74) is 1.63. The summed E-state index contributed by atoms with van der Waals surface area (Å²) < 4.78 is 1.66. The highest BCUT2D eigenvalue weighted by molar-refractivity contribution is 5.83. The number of anilines is 1. The lowest BCUT2D eigenvalue weighted by molar-refractivity contribution is 0.768. The van der Waals surface area contributed by atoms with E-state index in [9.17, 15) is 4.79 Å². The van der Waals surface area contributed by atoms with Gasteiger partial charge in [0.1, 0.15) is 11.5 Å².